The molecule has 2 atom stereocenters. The van der Waals surface area contributed by atoms with Crippen LogP contribution in [0, 0.1) is 11.8 Å². The lowest BCUT2D eigenvalue weighted by molar-refractivity contribution is 0.0879. The number of hydrogen-bond acceptors (Lipinski definition) is 5. The summed E-state index contributed by atoms with van der Waals surface area (Å²) in [5, 5.41) is 4.83. The van der Waals surface area contributed by atoms with Gasteiger partial charge in [0.15, 0.2) is 0 Å². The quantitative estimate of drug-likeness (QED) is 0.708. The maximum atomic E-state index is 13.0. The average molecular weight is 442 g/mol. The van der Waals surface area contributed by atoms with Crippen molar-refractivity contribution in [2.45, 2.75) is 25.2 Å². The number of nitrogens with zero attached hydrogens (tertiary/aromatic N) is 1. The normalized spacial score (nSPS) is 21.5. The molecular weight excluding hydrogens is 418 g/mol. The van der Waals surface area contributed by atoms with Gasteiger partial charge < -0.3 is 5.32 Å². The molecule has 8 nitrogen and oxygen atoms in total. The summed E-state index contributed by atoms with van der Waals surface area (Å²) in [5.41, 5.74) is 0.781. The topological polar surface area (TPSA) is 113 Å². The van der Waals surface area contributed by atoms with Crippen molar-refractivity contribution in [2.75, 3.05) is 18.4 Å². The highest BCUT2D eigenvalue weighted by molar-refractivity contribution is 7.89. The van der Waals surface area contributed by atoms with Crippen LogP contribution in [0.4, 0.5) is 5.69 Å². The monoisotopic (exact) mass is 441 g/mol. The van der Waals surface area contributed by atoms with Gasteiger partial charge in [-0.2, -0.15) is 4.31 Å². The van der Waals surface area contributed by atoms with Crippen LogP contribution in [0.2, 0.25) is 0 Å². The summed E-state index contributed by atoms with van der Waals surface area (Å²) in [6.07, 6.45) is 0.998. The number of carbonyl (C=O) groups excluding carboxylic acids is 3. The molecule has 2 aliphatic rings. The van der Waals surface area contributed by atoms with E-state index in [1.807, 2.05) is 13.8 Å². The molecule has 0 radical (unpaired) electrons. The molecule has 1 saturated heterocycles. The molecule has 4 rings (SSSR count). The Morgan fingerprint density at radius 1 is 1.00 bits per heavy atom. The molecule has 0 aromatic heterocycles. The molecule has 162 valence electrons. The number of hydrogen-bond donors (Lipinski definition) is 2. The van der Waals surface area contributed by atoms with E-state index in [0.717, 1.165) is 6.42 Å². The first kappa shape index (κ1) is 21.2. The van der Waals surface area contributed by atoms with Gasteiger partial charge in [-0.3, -0.25) is 19.7 Å². The molecule has 0 saturated carbocycles. The molecule has 0 aliphatic carbocycles. The number of nitrogens with one attached hydrogen (secondary N) is 2. The first-order valence-electron chi connectivity index (χ1n) is 10.1. The molecule has 1 fully saturated rings. The second kappa shape index (κ2) is 7.90. The first-order chi connectivity index (χ1) is 14.7. The predicted molar refractivity (Wildman–Crippen MR) is 114 cm³/mol. The van der Waals surface area contributed by atoms with Gasteiger partial charge in [0, 0.05) is 18.7 Å². The second-order valence-electron chi connectivity index (χ2n) is 8.26. The van der Waals surface area contributed by atoms with Gasteiger partial charge in [-0.1, -0.05) is 19.9 Å². The Morgan fingerprint density at radius 2 is 1.65 bits per heavy atom. The predicted octanol–water partition coefficient (Wildman–Crippen LogP) is 2.49. The molecule has 2 aromatic rings. The Morgan fingerprint density at radius 3 is 2.29 bits per heavy atom. The molecule has 9 heteroatoms. The maximum Gasteiger partial charge on any atom is 0.261 e. The van der Waals surface area contributed by atoms with Gasteiger partial charge in [0.25, 0.3) is 17.7 Å². The standard InChI is InChI=1S/C22H23N3O5S/c1-13-10-14(2)12-25(11-13)31(29,30)16-8-6-15(7-9-16)20(26)23-18-5-3-4-17-19(18)22(28)24-21(17)27/h3-9,13-14H,10-12H2,1-2H3,(H,23,26)(H,24,27,28). The van der Waals surface area contributed by atoms with E-state index in [1.165, 1.54) is 40.7 Å². The van der Waals surface area contributed by atoms with Gasteiger partial charge in [0.05, 0.1) is 21.7 Å². The third kappa shape index (κ3) is 3.98. The summed E-state index contributed by atoms with van der Waals surface area (Å²) >= 11 is 0. The van der Waals surface area contributed by atoms with Crippen LogP contribution >= 0.6 is 0 Å². The Balaban J connectivity index is 1.53. The smallest absolute Gasteiger partial charge is 0.261 e. The number of piperidine rings is 1. The van der Waals surface area contributed by atoms with E-state index in [2.05, 4.69) is 10.6 Å². The lowest BCUT2D eigenvalue weighted by Crippen LogP contribution is -2.42. The zero-order chi connectivity index (χ0) is 22.3. The highest BCUT2D eigenvalue weighted by atomic mass is 32.2. The number of imide groups is 1. The minimum Gasteiger partial charge on any atom is -0.321 e. The largest absolute Gasteiger partial charge is 0.321 e. The van der Waals surface area contributed by atoms with Crippen LogP contribution in [0.3, 0.4) is 0 Å². The van der Waals surface area contributed by atoms with Crippen LogP contribution in [0.25, 0.3) is 0 Å². The van der Waals surface area contributed by atoms with Crippen molar-refractivity contribution in [3.63, 3.8) is 0 Å². The van der Waals surface area contributed by atoms with Crippen LogP contribution < -0.4 is 10.6 Å². The highest BCUT2D eigenvalue weighted by Gasteiger charge is 2.32. The molecule has 0 spiro atoms. The average Bonchev–Trinajstić information content (AvgIpc) is 3.02. The van der Waals surface area contributed by atoms with Crippen LogP contribution in [0.15, 0.2) is 47.4 Å². The molecule has 2 aromatic carbocycles. The van der Waals surface area contributed by atoms with E-state index in [0.29, 0.717) is 24.9 Å². The molecule has 2 heterocycles. The van der Waals surface area contributed by atoms with E-state index in [9.17, 15) is 22.8 Å². The van der Waals surface area contributed by atoms with E-state index in [1.54, 1.807) is 6.07 Å². The van der Waals surface area contributed by atoms with Gasteiger partial charge in [0.2, 0.25) is 10.0 Å². The summed E-state index contributed by atoms with van der Waals surface area (Å²) in [7, 11) is -3.64. The Labute approximate surface area is 180 Å². The molecule has 2 aliphatic heterocycles. The Hall–Kier alpha value is -3.04. The molecule has 2 unspecified atom stereocenters. The third-order valence-corrected chi connectivity index (χ3v) is 7.45. The van der Waals surface area contributed by atoms with E-state index < -0.39 is 27.7 Å². The minimum atomic E-state index is -3.64. The van der Waals surface area contributed by atoms with Gasteiger partial charge in [0.1, 0.15) is 0 Å². The van der Waals surface area contributed by atoms with Crippen molar-refractivity contribution in [3.05, 3.63) is 59.2 Å². The van der Waals surface area contributed by atoms with Crippen molar-refractivity contribution in [3.8, 4) is 0 Å². The zero-order valence-corrected chi connectivity index (χ0v) is 18.0. The first-order valence-corrected chi connectivity index (χ1v) is 11.5. The summed E-state index contributed by atoms with van der Waals surface area (Å²) in [4.78, 5) is 36.6. The van der Waals surface area contributed by atoms with Gasteiger partial charge in [-0.25, -0.2) is 8.42 Å². The molecule has 2 N–H and O–H groups in total. The maximum absolute atomic E-state index is 13.0. The van der Waals surface area contributed by atoms with Crippen molar-refractivity contribution >= 4 is 33.4 Å². The van der Waals surface area contributed by atoms with E-state index >= 15 is 0 Å². The molecular formula is C22H23N3O5S. The number of rotatable bonds is 4. The fourth-order valence-corrected chi connectivity index (χ4v) is 5.93. The fraction of sp³-hybridized carbons (Fsp3) is 0.318. The van der Waals surface area contributed by atoms with E-state index in [4.69, 9.17) is 0 Å². The number of fused-ring (bicyclic) bond motifs is 1. The van der Waals surface area contributed by atoms with Gasteiger partial charge in [-0.15, -0.1) is 0 Å². The SMILES string of the molecule is CC1CC(C)CN(S(=O)(=O)c2ccc(C(=O)Nc3cccc4c3C(=O)NC4=O)cc2)C1. The third-order valence-electron chi connectivity index (χ3n) is 5.60. The van der Waals surface area contributed by atoms with Crippen molar-refractivity contribution in [1.82, 2.24) is 9.62 Å². The number of benzene rings is 2. The lowest BCUT2D eigenvalue weighted by Gasteiger charge is -2.34. The highest BCUT2D eigenvalue weighted by Crippen LogP contribution is 2.28. The number of sulfonamides is 1. The number of amides is 3. The Bertz CT molecular complexity index is 1160. The molecule has 31 heavy (non-hydrogen) atoms. The van der Waals surface area contributed by atoms with Gasteiger partial charge in [-0.05, 0) is 54.7 Å². The van der Waals surface area contributed by atoms with Gasteiger partial charge >= 0.3 is 0 Å². The van der Waals surface area contributed by atoms with Crippen molar-refractivity contribution in [2.24, 2.45) is 11.8 Å². The van der Waals surface area contributed by atoms with Crippen LogP contribution in [-0.2, 0) is 10.0 Å². The number of anilines is 1. The number of carbonyl (C=O) groups is 3. The summed E-state index contributed by atoms with van der Waals surface area (Å²) in [6, 6.07) is 10.3. The van der Waals surface area contributed by atoms with E-state index in [-0.39, 0.29) is 27.3 Å². The minimum absolute atomic E-state index is 0.119. The van der Waals surface area contributed by atoms with Crippen LogP contribution in [0.1, 0.15) is 51.3 Å². The molecule has 0 bridgehead atoms. The van der Waals surface area contributed by atoms with Crippen molar-refractivity contribution in [1.29, 1.82) is 0 Å². The zero-order valence-electron chi connectivity index (χ0n) is 17.2. The van der Waals surface area contributed by atoms with Crippen LogP contribution in [0.5, 0.6) is 0 Å². The Kier molecular flexibility index (Phi) is 5.40. The second-order valence-corrected chi connectivity index (χ2v) is 10.2. The lowest BCUT2D eigenvalue weighted by atomic mass is 9.94. The van der Waals surface area contributed by atoms with Crippen LogP contribution in [-0.4, -0.2) is 43.5 Å². The van der Waals surface area contributed by atoms with Crippen molar-refractivity contribution < 1.29 is 22.8 Å². The summed E-state index contributed by atoms with van der Waals surface area (Å²) in [5.74, 6) is -1.00. The fourth-order valence-electron chi connectivity index (χ4n) is 4.25. The molecule has 3 amide bonds. The summed E-state index contributed by atoms with van der Waals surface area (Å²) in [6.45, 7) is 5.04. The summed E-state index contributed by atoms with van der Waals surface area (Å²) < 4.78 is 27.5.